The van der Waals surface area contributed by atoms with E-state index in [0.29, 0.717) is 29.2 Å². The zero-order chi connectivity index (χ0) is 14.1. The molecular weight excluding hydrogens is 279 g/mol. The highest BCUT2D eigenvalue weighted by atomic mass is 35.5. The minimum absolute atomic E-state index is 0.0626. The van der Waals surface area contributed by atoms with Crippen molar-refractivity contribution in [2.24, 2.45) is 0 Å². The van der Waals surface area contributed by atoms with E-state index in [1.807, 2.05) is 12.1 Å². The van der Waals surface area contributed by atoms with Crippen molar-refractivity contribution in [3.63, 3.8) is 0 Å². The van der Waals surface area contributed by atoms with E-state index in [2.05, 4.69) is 10.6 Å². The van der Waals surface area contributed by atoms with Gasteiger partial charge in [0.05, 0.1) is 0 Å². The van der Waals surface area contributed by atoms with Crippen molar-refractivity contribution in [3.8, 4) is 0 Å². The van der Waals surface area contributed by atoms with E-state index in [1.165, 1.54) is 18.2 Å². The van der Waals surface area contributed by atoms with Crippen LogP contribution in [0.3, 0.4) is 0 Å². The number of hydrogen-bond acceptors (Lipinski definition) is 2. The summed E-state index contributed by atoms with van der Waals surface area (Å²) >= 11 is 6.01. The molecule has 0 bridgehead atoms. The van der Waals surface area contributed by atoms with Gasteiger partial charge in [-0.15, -0.1) is 0 Å². The second kappa shape index (κ2) is 5.13. The third-order valence-corrected chi connectivity index (χ3v) is 3.65. The Balaban J connectivity index is 1.77. The molecule has 3 rings (SSSR count). The summed E-state index contributed by atoms with van der Waals surface area (Å²) in [4.78, 5) is 11.6. The summed E-state index contributed by atoms with van der Waals surface area (Å²) in [6.45, 7) is 0.973. The summed E-state index contributed by atoms with van der Waals surface area (Å²) in [6.07, 6.45) is 0. The van der Waals surface area contributed by atoms with E-state index in [9.17, 15) is 9.18 Å². The minimum atomic E-state index is -0.320. The molecule has 0 saturated carbocycles. The van der Waals surface area contributed by atoms with Crippen LogP contribution in [0.5, 0.6) is 0 Å². The number of anilines is 1. The molecule has 1 amide bonds. The number of rotatable bonds is 3. The van der Waals surface area contributed by atoms with Crippen molar-refractivity contribution in [1.82, 2.24) is 5.32 Å². The molecule has 0 aliphatic carbocycles. The molecule has 0 unspecified atom stereocenters. The van der Waals surface area contributed by atoms with Crippen LogP contribution in [0.15, 0.2) is 36.4 Å². The number of carbonyl (C=O) groups excluding carboxylic acids is 1. The molecule has 1 heterocycles. The van der Waals surface area contributed by atoms with Crippen molar-refractivity contribution < 1.29 is 9.18 Å². The van der Waals surface area contributed by atoms with E-state index < -0.39 is 0 Å². The van der Waals surface area contributed by atoms with Crippen LogP contribution >= 0.6 is 11.6 Å². The summed E-state index contributed by atoms with van der Waals surface area (Å²) in [5, 5.41) is 6.43. The Kier molecular flexibility index (Phi) is 3.32. The lowest BCUT2D eigenvalue weighted by atomic mass is 10.1. The maximum absolute atomic E-state index is 13.2. The number of amides is 1. The third-order valence-electron chi connectivity index (χ3n) is 3.28. The maximum atomic E-state index is 13.2. The molecule has 2 N–H and O–H groups in total. The van der Waals surface area contributed by atoms with E-state index in [0.717, 1.165) is 11.3 Å². The van der Waals surface area contributed by atoms with Gasteiger partial charge in [0.1, 0.15) is 5.82 Å². The Morgan fingerprint density at radius 1 is 1.25 bits per heavy atom. The van der Waals surface area contributed by atoms with Gasteiger partial charge in [0.15, 0.2) is 0 Å². The molecule has 2 aromatic rings. The van der Waals surface area contributed by atoms with E-state index in [1.54, 1.807) is 6.07 Å². The van der Waals surface area contributed by atoms with Crippen LogP contribution in [-0.2, 0) is 13.1 Å². The van der Waals surface area contributed by atoms with E-state index >= 15 is 0 Å². The largest absolute Gasteiger partial charge is 0.381 e. The van der Waals surface area contributed by atoms with Crippen LogP contribution in [0, 0.1) is 5.82 Å². The van der Waals surface area contributed by atoms with E-state index in [-0.39, 0.29) is 11.7 Å². The lowest BCUT2D eigenvalue weighted by Gasteiger charge is -2.09. The van der Waals surface area contributed by atoms with Crippen molar-refractivity contribution >= 4 is 23.2 Å². The fourth-order valence-corrected chi connectivity index (χ4v) is 2.38. The second-order valence-electron chi connectivity index (χ2n) is 4.64. The topological polar surface area (TPSA) is 41.1 Å². The van der Waals surface area contributed by atoms with Gasteiger partial charge >= 0.3 is 0 Å². The predicted molar refractivity (Wildman–Crippen MR) is 76.3 cm³/mol. The molecule has 102 valence electrons. The Bertz CT molecular complexity index is 688. The molecule has 2 aromatic carbocycles. The van der Waals surface area contributed by atoms with E-state index in [4.69, 9.17) is 11.6 Å². The average Bonchev–Trinajstić information content (AvgIpc) is 2.81. The van der Waals surface area contributed by atoms with Gasteiger partial charge in [0, 0.05) is 29.4 Å². The monoisotopic (exact) mass is 290 g/mol. The van der Waals surface area contributed by atoms with Crippen LogP contribution in [0.2, 0.25) is 5.02 Å². The van der Waals surface area contributed by atoms with Crippen LogP contribution in [0.1, 0.15) is 21.5 Å². The Morgan fingerprint density at radius 2 is 2.10 bits per heavy atom. The predicted octanol–water partition coefficient (Wildman–Crippen LogP) is 3.33. The number of hydrogen-bond donors (Lipinski definition) is 2. The van der Waals surface area contributed by atoms with Gasteiger partial charge in [0.2, 0.25) is 0 Å². The van der Waals surface area contributed by atoms with Crippen LogP contribution in [0.4, 0.5) is 10.1 Å². The minimum Gasteiger partial charge on any atom is -0.381 e. The van der Waals surface area contributed by atoms with Crippen molar-refractivity contribution in [3.05, 3.63) is 63.9 Å². The zero-order valence-electron chi connectivity index (χ0n) is 10.5. The molecule has 0 fully saturated rings. The SMILES string of the molecule is O=C1NCc2ccc(NCc3cc(F)ccc3Cl)cc21. The number of nitrogens with one attached hydrogen (secondary N) is 2. The number of benzene rings is 2. The molecule has 1 aliphatic heterocycles. The highest BCUT2D eigenvalue weighted by Crippen LogP contribution is 2.22. The van der Waals surface area contributed by atoms with Gasteiger partial charge < -0.3 is 10.6 Å². The van der Waals surface area contributed by atoms with Gasteiger partial charge in [-0.05, 0) is 41.5 Å². The number of carbonyl (C=O) groups is 1. The van der Waals surface area contributed by atoms with Crippen LogP contribution in [-0.4, -0.2) is 5.91 Å². The van der Waals surface area contributed by atoms with Gasteiger partial charge in [-0.1, -0.05) is 17.7 Å². The zero-order valence-corrected chi connectivity index (χ0v) is 11.3. The third kappa shape index (κ3) is 2.47. The molecule has 20 heavy (non-hydrogen) atoms. The van der Waals surface area contributed by atoms with Gasteiger partial charge in [-0.2, -0.15) is 0 Å². The van der Waals surface area contributed by atoms with Crippen molar-refractivity contribution in [2.75, 3.05) is 5.32 Å². The van der Waals surface area contributed by atoms with Gasteiger partial charge in [-0.25, -0.2) is 4.39 Å². The molecule has 0 atom stereocenters. The molecule has 0 aromatic heterocycles. The Hall–Kier alpha value is -2.07. The van der Waals surface area contributed by atoms with Crippen LogP contribution in [0.25, 0.3) is 0 Å². The first kappa shape index (κ1) is 12.9. The standard InChI is InChI=1S/C15H12ClFN2O/c16-14-4-2-11(17)5-10(14)8-18-12-3-1-9-7-19-15(20)13(9)6-12/h1-6,18H,7-8H2,(H,19,20). The quantitative estimate of drug-likeness (QED) is 0.910. The summed E-state index contributed by atoms with van der Waals surface area (Å²) in [5.41, 5.74) is 3.16. The Labute approximate surface area is 120 Å². The first-order valence-electron chi connectivity index (χ1n) is 6.22. The summed E-state index contributed by atoms with van der Waals surface area (Å²) in [7, 11) is 0. The van der Waals surface area contributed by atoms with Crippen molar-refractivity contribution in [1.29, 1.82) is 0 Å². The highest BCUT2D eigenvalue weighted by Gasteiger charge is 2.18. The molecular formula is C15H12ClFN2O. The first-order valence-corrected chi connectivity index (χ1v) is 6.60. The van der Waals surface area contributed by atoms with Crippen molar-refractivity contribution in [2.45, 2.75) is 13.1 Å². The second-order valence-corrected chi connectivity index (χ2v) is 5.05. The smallest absolute Gasteiger partial charge is 0.251 e. The number of halogens is 2. The fraction of sp³-hybridized carbons (Fsp3) is 0.133. The molecule has 0 saturated heterocycles. The highest BCUT2D eigenvalue weighted by molar-refractivity contribution is 6.31. The molecule has 3 nitrogen and oxygen atoms in total. The summed E-state index contributed by atoms with van der Waals surface area (Å²) < 4.78 is 13.2. The average molecular weight is 291 g/mol. The van der Waals surface area contributed by atoms with Gasteiger partial charge in [0.25, 0.3) is 5.91 Å². The lowest BCUT2D eigenvalue weighted by molar-refractivity contribution is 0.0966. The Morgan fingerprint density at radius 3 is 2.95 bits per heavy atom. The maximum Gasteiger partial charge on any atom is 0.251 e. The summed E-state index contributed by atoms with van der Waals surface area (Å²) in [6, 6.07) is 9.85. The normalized spacial score (nSPS) is 13.0. The molecule has 0 spiro atoms. The van der Waals surface area contributed by atoms with Crippen LogP contribution < -0.4 is 10.6 Å². The number of fused-ring (bicyclic) bond motifs is 1. The van der Waals surface area contributed by atoms with Gasteiger partial charge in [-0.3, -0.25) is 4.79 Å². The fourth-order valence-electron chi connectivity index (χ4n) is 2.20. The molecule has 5 heteroatoms. The molecule has 1 aliphatic rings. The molecule has 0 radical (unpaired) electrons. The first-order chi connectivity index (χ1) is 9.63. The summed E-state index contributed by atoms with van der Waals surface area (Å²) in [5.74, 6) is -0.382. The lowest BCUT2D eigenvalue weighted by Crippen LogP contribution is -2.12.